The molecule has 0 saturated carbocycles. The van der Waals surface area contributed by atoms with Crippen molar-refractivity contribution in [3.8, 4) is 0 Å². The molecule has 1 aromatic carbocycles. The SMILES string of the molecule is CCNC(=O)C(C)Sc1ccc(CO)cc1. The topological polar surface area (TPSA) is 49.3 Å². The summed E-state index contributed by atoms with van der Waals surface area (Å²) in [5, 5.41) is 11.6. The molecule has 0 aliphatic carbocycles. The predicted octanol–water partition coefficient (Wildman–Crippen LogP) is 1.80. The number of carbonyl (C=O) groups is 1. The third-order valence-corrected chi connectivity index (χ3v) is 3.25. The first kappa shape index (κ1) is 13.1. The molecule has 1 atom stereocenters. The van der Waals surface area contributed by atoms with Gasteiger partial charge in [-0.3, -0.25) is 4.79 Å². The van der Waals surface area contributed by atoms with Crippen molar-refractivity contribution < 1.29 is 9.90 Å². The number of amides is 1. The first-order valence-electron chi connectivity index (χ1n) is 5.31. The van der Waals surface area contributed by atoms with Crippen LogP contribution in [0.1, 0.15) is 19.4 Å². The van der Waals surface area contributed by atoms with Gasteiger partial charge in [0.1, 0.15) is 0 Å². The minimum absolute atomic E-state index is 0.0524. The van der Waals surface area contributed by atoms with E-state index in [-0.39, 0.29) is 17.8 Å². The Balaban J connectivity index is 2.55. The fourth-order valence-corrected chi connectivity index (χ4v) is 2.14. The van der Waals surface area contributed by atoms with Crippen molar-refractivity contribution in [2.75, 3.05) is 6.54 Å². The summed E-state index contributed by atoms with van der Waals surface area (Å²) >= 11 is 1.52. The number of benzene rings is 1. The van der Waals surface area contributed by atoms with Crippen molar-refractivity contribution in [2.24, 2.45) is 0 Å². The van der Waals surface area contributed by atoms with Crippen LogP contribution in [0.15, 0.2) is 29.2 Å². The number of aliphatic hydroxyl groups is 1. The maximum atomic E-state index is 11.5. The van der Waals surface area contributed by atoms with Crippen molar-refractivity contribution in [1.29, 1.82) is 0 Å². The number of nitrogens with one attached hydrogen (secondary N) is 1. The van der Waals surface area contributed by atoms with E-state index in [0.29, 0.717) is 6.54 Å². The Kier molecular flexibility index (Phi) is 5.35. The van der Waals surface area contributed by atoms with Crippen molar-refractivity contribution >= 4 is 17.7 Å². The average molecular weight is 239 g/mol. The van der Waals surface area contributed by atoms with E-state index in [9.17, 15) is 4.79 Å². The van der Waals surface area contributed by atoms with Crippen LogP contribution in [0.25, 0.3) is 0 Å². The van der Waals surface area contributed by atoms with E-state index in [2.05, 4.69) is 5.32 Å². The van der Waals surface area contributed by atoms with Gasteiger partial charge in [-0.25, -0.2) is 0 Å². The molecule has 0 aromatic heterocycles. The number of hydrogen-bond donors (Lipinski definition) is 2. The number of rotatable bonds is 5. The van der Waals surface area contributed by atoms with Crippen LogP contribution in [0.5, 0.6) is 0 Å². The molecule has 1 amide bonds. The molecule has 1 aromatic rings. The van der Waals surface area contributed by atoms with Crippen LogP contribution in [-0.4, -0.2) is 22.8 Å². The molecule has 1 unspecified atom stereocenters. The van der Waals surface area contributed by atoms with E-state index in [0.717, 1.165) is 10.5 Å². The van der Waals surface area contributed by atoms with E-state index in [1.54, 1.807) is 0 Å². The molecule has 0 spiro atoms. The maximum absolute atomic E-state index is 11.5. The molecule has 0 fully saturated rings. The maximum Gasteiger partial charge on any atom is 0.233 e. The van der Waals surface area contributed by atoms with Gasteiger partial charge in [-0.1, -0.05) is 12.1 Å². The number of carbonyl (C=O) groups excluding carboxylic acids is 1. The molecular formula is C12H17NO2S. The summed E-state index contributed by atoms with van der Waals surface area (Å²) in [6.07, 6.45) is 0. The summed E-state index contributed by atoms with van der Waals surface area (Å²) in [7, 11) is 0. The van der Waals surface area contributed by atoms with Crippen LogP contribution in [0.2, 0.25) is 0 Å². The van der Waals surface area contributed by atoms with Crippen molar-refractivity contribution in [2.45, 2.75) is 30.6 Å². The second kappa shape index (κ2) is 6.55. The highest BCUT2D eigenvalue weighted by molar-refractivity contribution is 8.00. The number of hydrogen-bond acceptors (Lipinski definition) is 3. The minimum atomic E-state index is -0.0973. The fraction of sp³-hybridized carbons (Fsp3) is 0.417. The van der Waals surface area contributed by atoms with E-state index in [1.807, 2.05) is 38.1 Å². The van der Waals surface area contributed by atoms with Gasteiger partial charge in [0, 0.05) is 11.4 Å². The number of aliphatic hydroxyl groups excluding tert-OH is 1. The van der Waals surface area contributed by atoms with Crippen LogP contribution >= 0.6 is 11.8 Å². The summed E-state index contributed by atoms with van der Waals surface area (Å²) in [5.74, 6) is 0.0544. The van der Waals surface area contributed by atoms with Crippen LogP contribution in [-0.2, 0) is 11.4 Å². The van der Waals surface area contributed by atoms with Gasteiger partial charge < -0.3 is 10.4 Å². The van der Waals surface area contributed by atoms with Crippen LogP contribution < -0.4 is 5.32 Å². The van der Waals surface area contributed by atoms with Gasteiger partial charge in [0.15, 0.2) is 0 Å². The zero-order valence-corrected chi connectivity index (χ0v) is 10.4. The summed E-state index contributed by atoms with van der Waals surface area (Å²) in [6, 6.07) is 7.58. The van der Waals surface area contributed by atoms with Crippen molar-refractivity contribution in [3.05, 3.63) is 29.8 Å². The lowest BCUT2D eigenvalue weighted by Crippen LogP contribution is -2.30. The monoisotopic (exact) mass is 239 g/mol. The summed E-state index contributed by atoms with van der Waals surface area (Å²) < 4.78 is 0. The summed E-state index contributed by atoms with van der Waals surface area (Å²) in [5.41, 5.74) is 0.884. The van der Waals surface area contributed by atoms with Gasteiger partial charge in [-0.15, -0.1) is 11.8 Å². The zero-order valence-electron chi connectivity index (χ0n) is 9.56. The predicted molar refractivity (Wildman–Crippen MR) is 66.4 cm³/mol. The van der Waals surface area contributed by atoms with E-state index < -0.39 is 0 Å². The lowest BCUT2D eigenvalue weighted by atomic mass is 10.2. The smallest absolute Gasteiger partial charge is 0.233 e. The van der Waals surface area contributed by atoms with Gasteiger partial charge in [0.05, 0.1) is 11.9 Å². The van der Waals surface area contributed by atoms with Gasteiger partial charge in [-0.2, -0.15) is 0 Å². The first-order valence-corrected chi connectivity index (χ1v) is 6.19. The molecule has 0 heterocycles. The third-order valence-electron chi connectivity index (χ3n) is 2.14. The Morgan fingerprint density at radius 3 is 2.56 bits per heavy atom. The highest BCUT2D eigenvalue weighted by Gasteiger charge is 2.12. The molecule has 0 aliphatic heterocycles. The standard InChI is InChI=1S/C12H17NO2S/c1-3-13-12(15)9(2)16-11-6-4-10(8-14)5-7-11/h4-7,9,14H,3,8H2,1-2H3,(H,13,15). The highest BCUT2D eigenvalue weighted by atomic mass is 32.2. The molecule has 0 radical (unpaired) electrons. The Morgan fingerprint density at radius 1 is 1.44 bits per heavy atom. The van der Waals surface area contributed by atoms with E-state index in [4.69, 9.17) is 5.11 Å². The highest BCUT2D eigenvalue weighted by Crippen LogP contribution is 2.23. The second-order valence-corrected chi connectivity index (χ2v) is 4.87. The largest absolute Gasteiger partial charge is 0.392 e. The van der Waals surface area contributed by atoms with Crippen molar-refractivity contribution in [1.82, 2.24) is 5.32 Å². The van der Waals surface area contributed by atoms with Crippen molar-refractivity contribution in [3.63, 3.8) is 0 Å². The molecule has 0 saturated heterocycles. The van der Waals surface area contributed by atoms with Gasteiger partial charge in [-0.05, 0) is 31.5 Å². The first-order chi connectivity index (χ1) is 7.67. The summed E-state index contributed by atoms with van der Waals surface area (Å²) in [4.78, 5) is 12.5. The van der Waals surface area contributed by atoms with Gasteiger partial charge in [0.2, 0.25) is 5.91 Å². The van der Waals surface area contributed by atoms with Gasteiger partial charge >= 0.3 is 0 Å². The molecule has 0 bridgehead atoms. The van der Waals surface area contributed by atoms with Crippen LogP contribution in [0, 0.1) is 0 Å². The second-order valence-electron chi connectivity index (χ2n) is 3.46. The Hall–Kier alpha value is -1.00. The van der Waals surface area contributed by atoms with E-state index >= 15 is 0 Å². The minimum Gasteiger partial charge on any atom is -0.392 e. The summed E-state index contributed by atoms with van der Waals surface area (Å²) in [6.45, 7) is 4.50. The Bertz CT molecular complexity index is 337. The molecule has 4 heteroatoms. The fourth-order valence-electron chi connectivity index (χ4n) is 1.25. The lowest BCUT2D eigenvalue weighted by molar-refractivity contribution is -0.120. The molecule has 2 N–H and O–H groups in total. The molecular weight excluding hydrogens is 222 g/mol. The quantitative estimate of drug-likeness (QED) is 0.770. The van der Waals surface area contributed by atoms with Crippen LogP contribution in [0.3, 0.4) is 0 Å². The molecule has 0 aliphatic rings. The van der Waals surface area contributed by atoms with E-state index in [1.165, 1.54) is 11.8 Å². The number of thioether (sulfide) groups is 1. The molecule has 1 rings (SSSR count). The molecule has 3 nitrogen and oxygen atoms in total. The Labute approximate surface area is 100 Å². The Morgan fingerprint density at radius 2 is 2.06 bits per heavy atom. The molecule has 16 heavy (non-hydrogen) atoms. The third kappa shape index (κ3) is 3.87. The zero-order chi connectivity index (χ0) is 12.0. The average Bonchev–Trinajstić information content (AvgIpc) is 2.30. The van der Waals surface area contributed by atoms with Gasteiger partial charge in [0.25, 0.3) is 0 Å². The molecule has 88 valence electrons. The normalized spacial score (nSPS) is 12.2. The lowest BCUT2D eigenvalue weighted by Gasteiger charge is -2.10. The van der Waals surface area contributed by atoms with Crippen LogP contribution in [0.4, 0.5) is 0 Å².